The van der Waals surface area contributed by atoms with Crippen LogP contribution in [0.2, 0.25) is 0 Å². The van der Waals surface area contributed by atoms with Gasteiger partial charge in [0.1, 0.15) is 0 Å². The second-order valence-corrected chi connectivity index (χ2v) is 6.19. The van der Waals surface area contributed by atoms with E-state index in [1.54, 1.807) is 0 Å². The maximum Gasteiger partial charge on any atom is 0.0234 e. The van der Waals surface area contributed by atoms with Crippen LogP contribution in [-0.4, -0.2) is 31.1 Å². The van der Waals surface area contributed by atoms with Gasteiger partial charge in [0.2, 0.25) is 0 Å². The van der Waals surface area contributed by atoms with Crippen molar-refractivity contribution in [1.29, 1.82) is 0 Å². The third kappa shape index (κ3) is 4.46. The molecule has 1 spiro atoms. The Hall–Kier alpha value is -0.540. The molecule has 1 aromatic rings. The van der Waals surface area contributed by atoms with E-state index in [1.165, 1.54) is 56.6 Å². The van der Waals surface area contributed by atoms with E-state index < -0.39 is 0 Å². The quantitative estimate of drug-likeness (QED) is 0.909. The first-order valence-corrected chi connectivity index (χ1v) is 7.44. The van der Waals surface area contributed by atoms with Gasteiger partial charge in [0, 0.05) is 19.6 Å². The molecule has 0 aliphatic carbocycles. The van der Waals surface area contributed by atoms with Crippen molar-refractivity contribution in [3.05, 3.63) is 42.0 Å². The predicted octanol–water partition coefficient (Wildman–Crippen LogP) is 3.75. The summed E-state index contributed by atoms with van der Waals surface area (Å²) in [6.45, 7) is 9.88. The molecule has 0 radical (unpaired) electrons. The molecule has 2 aliphatic rings. The van der Waals surface area contributed by atoms with Crippen molar-refractivity contribution in [3.8, 4) is 0 Å². The summed E-state index contributed by atoms with van der Waals surface area (Å²) in [5.41, 5.74) is 3.21. The van der Waals surface area contributed by atoms with Crippen LogP contribution in [0.3, 0.4) is 0 Å². The number of benzene rings is 1. The maximum absolute atomic E-state index is 3.85. The predicted molar refractivity (Wildman–Crippen MR) is 95.5 cm³/mol. The molecule has 2 aliphatic heterocycles. The monoisotopic (exact) mass is 328 g/mol. The van der Waals surface area contributed by atoms with Gasteiger partial charge < -0.3 is 5.32 Å². The molecule has 4 heteroatoms. The van der Waals surface area contributed by atoms with E-state index in [0.29, 0.717) is 5.41 Å². The second kappa shape index (κ2) is 8.19. The van der Waals surface area contributed by atoms with Crippen molar-refractivity contribution < 1.29 is 0 Å². The van der Waals surface area contributed by atoms with E-state index in [0.717, 1.165) is 6.54 Å². The van der Waals surface area contributed by atoms with Gasteiger partial charge in [-0.05, 0) is 48.9 Å². The van der Waals surface area contributed by atoms with Gasteiger partial charge in [-0.25, -0.2) is 0 Å². The fourth-order valence-electron chi connectivity index (χ4n) is 3.67. The smallest absolute Gasteiger partial charge is 0.0234 e. The third-order valence-corrected chi connectivity index (χ3v) is 4.67. The molecule has 2 nitrogen and oxygen atoms in total. The van der Waals surface area contributed by atoms with Gasteiger partial charge in [-0.15, -0.1) is 24.8 Å². The number of rotatable bonds is 3. The zero-order valence-corrected chi connectivity index (χ0v) is 14.1. The lowest BCUT2D eigenvalue weighted by Gasteiger charge is -2.40. The molecule has 21 heavy (non-hydrogen) atoms. The number of hydrogen-bond donors (Lipinski definition) is 1. The second-order valence-electron chi connectivity index (χ2n) is 6.19. The molecule has 2 heterocycles. The Morgan fingerprint density at radius 2 is 2.14 bits per heavy atom. The molecule has 118 valence electrons. The maximum atomic E-state index is 3.85. The normalized spacial score (nSPS) is 25.1. The molecule has 1 N–H and O–H groups in total. The number of hydrogen-bond acceptors (Lipinski definition) is 2. The van der Waals surface area contributed by atoms with Crippen molar-refractivity contribution in [2.45, 2.75) is 25.8 Å². The number of piperidine rings is 1. The van der Waals surface area contributed by atoms with E-state index in [1.807, 2.05) is 6.08 Å². The topological polar surface area (TPSA) is 15.3 Å². The van der Waals surface area contributed by atoms with Gasteiger partial charge >= 0.3 is 0 Å². The van der Waals surface area contributed by atoms with Crippen LogP contribution in [0.1, 0.15) is 30.4 Å². The number of likely N-dealkylation sites (tertiary alicyclic amines) is 1. The molecule has 1 atom stereocenters. The molecule has 3 rings (SSSR count). The van der Waals surface area contributed by atoms with Gasteiger partial charge in [0.25, 0.3) is 0 Å². The van der Waals surface area contributed by atoms with Crippen molar-refractivity contribution in [3.63, 3.8) is 0 Å². The SMILES string of the molecule is C=Cc1cccc(CN2CCCC3(CCNC3)C2)c1.Cl.Cl. The summed E-state index contributed by atoms with van der Waals surface area (Å²) in [5.74, 6) is 0. The van der Waals surface area contributed by atoms with Crippen LogP contribution in [-0.2, 0) is 6.54 Å². The molecule has 2 saturated heterocycles. The van der Waals surface area contributed by atoms with Gasteiger partial charge in [-0.2, -0.15) is 0 Å². The lowest BCUT2D eigenvalue weighted by Crippen LogP contribution is -2.43. The van der Waals surface area contributed by atoms with Gasteiger partial charge in [-0.1, -0.05) is 36.9 Å². The van der Waals surface area contributed by atoms with Crippen molar-refractivity contribution in [1.82, 2.24) is 10.2 Å². The Balaban J connectivity index is 0.00000110. The van der Waals surface area contributed by atoms with Crippen LogP contribution in [0.5, 0.6) is 0 Å². The Labute approximate surface area is 140 Å². The number of nitrogens with one attached hydrogen (secondary N) is 1. The summed E-state index contributed by atoms with van der Waals surface area (Å²) in [6, 6.07) is 8.76. The van der Waals surface area contributed by atoms with Crippen molar-refractivity contribution in [2.75, 3.05) is 26.2 Å². The molecule has 2 fully saturated rings. The Morgan fingerprint density at radius 3 is 2.86 bits per heavy atom. The van der Waals surface area contributed by atoms with Crippen molar-refractivity contribution >= 4 is 30.9 Å². The fraction of sp³-hybridized carbons (Fsp3) is 0.529. The lowest BCUT2D eigenvalue weighted by atomic mass is 9.79. The molecular weight excluding hydrogens is 303 g/mol. The largest absolute Gasteiger partial charge is 0.316 e. The summed E-state index contributed by atoms with van der Waals surface area (Å²) in [6.07, 6.45) is 6.05. The molecular formula is C17H26Cl2N2. The highest BCUT2D eigenvalue weighted by Gasteiger charge is 2.37. The van der Waals surface area contributed by atoms with Crippen LogP contribution in [0.4, 0.5) is 0 Å². The molecule has 1 unspecified atom stereocenters. The minimum atomic E-state index is 0. The lowest BCUT2D eigenvalue weighted by molar-refractivity contribution is 0.0978. The highest BCUT2D eigenvalue weighted by atomic mass is 35.5. The van der Waals surface area contributed by atoms with Crippen LogP contribution < -0.4 is 5.32 Å². The zero-order chi connectivity index (χ0) is 13.1. The highest BCUT2D eigenvalue weighted by molar-refractivity contribution is 5.85. The van der Waals surface area contributed by atoms with E-state index >= 15 is 0 Å². The first-order chi connectivity index (χ1) is 9.30. The van der Waals surface area contributed by atoms with E-state index in [-0.39, 0.29) is 24.8 Å². The Morgan fingerprint density at radius 1 is 1.29 bits per heavy atom. The number of nitrogens with zero attached hydrogens (tertiary/aromatic N) is 1. The van der Waals surface area contributed by atoms with Gasteiger partial charge in [0.15, 0.2) is 0 Å². The van der Waals surface area contributed by atoms with E-state index in [2.05, 4.69) is 41.1 Å². The summed E-state index contributed by atoms with van der Waals surface area (Å²) >= 11 is 0. The van der Waals surface area contributed by atoms with Crippen LogP contribution in [0.25, 0.3) is 6.08 Å². The first-order valence-electron chi connectivity index (χ1n) is 7.44. The number of halogens is 2. The van der Waals surface area contributed by atoms with Crippen LogP contribution in [0, 0.1) is 5.41 Å². The van der Waals surface area contributed by atoms with Crippen LogP contribution in [0.15, 0.2) is 30.8 Å². The fourth-order valence-corrected chi connectivity index (χ4v) is 3.67. The van der Waals surface area contributed by atoms with Crippen LogP contribution >= 0.6 is 24.8 Å². The molecule has 1 aromatic carbocycles. The van der Waals surface area contributed by atoms with Crippen molar-refractivity contribution in [2.24, 2.45) is 5.41 Å². The summed E-state index contributed by atoms with van der Waals surface area (Å²) < 4.78 is 0. The average molecular weight is 329 g/mol. The summed E-state index contributed by atoms with van der Waals surface area (Å²) in [7, 11) is 0. The summed E-state index contributed by atoms with van der Waals surface area (Å²) in [4.78, 5) is 2.64. The third-order valence-electron chi connectivity index (χ3n) is 4.67. The minimum absolute atomic E-state index is 0. The molecule has 0 bridgehead atoms. The standard InChI is InChI=1S/C17H24N2.2ClH/c1-2-15-5-3-6-16(11-15)12-19-10-4-7-17(14-19)8-9-18-13-17;;/h2-3,5-6,11,18H,1,4,7-10,12-14H2;2*1H. The van der Waals surface area contributed by atoms with Gasteiger partial charge in [-0.3, -0.25) is 4.90 Å². The van der Waals surface area contributed by atoms with E-state index in [9.17, 15) is 0 Å². The summed E-state index contributed by atoms with van der Waals surface area (Å²) in [5, 5.41) is 3.55. The molecule has 0 saturated carbocycles. The van der Waals surface area contributed by atoms with E-state index in [4.69, 9.17) is 0 Å². The minimum Gasteiger partial charge on any atom is -0.316 e. The van der Waals surface area contributed by atoms with Gasteiger partial charge in [0.05, 0.1) is 0 Å². The first kappa shape index (κ1) is 18.5. The highest BCUT2D eigenvalue weighted by Crippen LogP contribution is 2.35. The Kier molecular flexibility index (Phi) is 7.22. The average Bonchev–Trinajstić information content (AvgIpc) is 2.87. The zero-order valence-electron chi connectivity index (χ0n) is 12.5. The molecule has 0 aromatic heterocycles. The molecule has 0 amide bonds. The Bertz CT molecular complexity index is 456.